The standard InChI is InChI=1S/C31H40N6O3S/c1-30(2)16-13-25-31(3,20-40-30)24-19-32-29(33-23-11-9-21(10-12-23)22-14-17-36(4)18-15-22)35-28(24)37(25)26-7-6-8-27(34-26)41(5,38)39/h6-12,19,22,25H,13-18,20H2,1-5H3,(H,32,33,35)/t25-,31-/m1/s1. The minimum atomic E-state index is -3.48. The zero-order valence-corrected chi connectivity index (χ0v) is 25.4. The number of rotatable bonds is 5. The molecule has 0 amide bonds. The van der Waals surface area contributed by atoms with Gasteiger partial charge in [-0.1, -0.05) is 25.1 Å². The molecule has 0 saturated carbocycles. The number of piperidine rings is 1. The van der Waals surface area contributed by atoms with Gasteiger partial charge in [-0.15, -0.1) is 0 Å². The molecule has 2 atom stereocenters. The fraction of sp³-hybridized carbons (Fsp3) is 0.516. The van der Waals surface area contributed by atoms with Crippen molar-refractivity contribution in [3.8, 4) is 0 Å². The van der Waals surface area contributed by atoms with Gasteiger partial charge in [-0.05, 0) is 95.4 Å². The number of benzene rings is 1. The number of nitrogens with zero attached hydrogens (tertiary/aromatic N) is 5. The number of likely N-dealkylation sites (tertiary alicyclic amines) is 1. The SMILES string of the molecule is CN1CCC(c2ccc(Nc3ncc4c(n3)N(c3cccc(S(C)(=O)=O)n3)[C@@H]3CCC(C)(C)OC[C@]43C)cc2)CC1. The zero-order valence-electron chi connectivity index (χ0n) is 24.6. The number of fused-ring (bicyclic) bond motifs is 3. The number of nitrogens with one attached hydrogen (secondary N) is 1. The Bertz CT molecular complexity index is 1540. The summed E-state index contributed by atoms with van der Waals surface area (Å²) in [6.45, 7) is 9.20. The van der Waals surface area contributed by atoms with Gasteiger partial charge in [-0.2, -0.15) is 4.98 Å². The fourth-order valence-corrected chi connectivity index (χ4v) is 7.06. The van der Waals surface area contributed by atoms with Gasteiger partial charge in [0.25, 0.3) is 0 Å². The summed E-state index contributed by atoms with van der Waals surface area (Å²) >= 11 is 0. The van der Waals surface area contributed by atoms with Gasteiger partial charge in [0.15, 0.2) is 14.9 Å². The molecule has 10 heteroatoms. The Balaban J connectivity index is 1.34. The van der Waals surface area contributed by atoms with E-state index in [1.54, 1.807) is 6.07 Å². The smallest absolute Gasteiger partial charge is 0.229 e. The highest BCUT2D eigenvalue weighted by atomic mass is 32.2. The predicted molar refractivity (Wildman–Crippen MR) is 161 cm³/mol. The Labute approximate surface area is 243 Å². The van der Waals surface area contributed by atoms with E-state index in [0.717, 1.165) is 43.0 Å². The van der Waals surface area contributed by atoms with Crippen LogP contribution in [0, 0.1) is 0 Å². The normalized spacial score (nSPS) is 24.9. The summed E-state index contributed by atoms with van der Waals surface area (Å²) in [7, 11) is -1.29. The van der Waals surface area contributed by atoms with E-state index in [1.165, 1.54) is 30.7 Å². The molecular weight excluding hydrogens is 536 g/mol. The van der Waals surface area contributed by atoms with Crippen LogP contribution in [0.3, 0.4) is 0 Å². The molecule has 3 aliphatic heterocycles. The summed E-state index contributed by atoms with van der Waals surface area (Å²) in [5.74, 6) is 2.39. The lowest BCUT2D eigenvalue weighted by Crippen LogP contribution is -2.43. The summed E-state index contributed by atoms with van der Waals surface area (Å²) < 4.78 is 31.2. The monoisotopic (exact) mass is 576 g/mol. The molecule has 1 aromatic carbocycles. The maximum atomic E-state index is 12.4. The van der Waals surface area contributed by atoms with E-state index in [9.17, 15) is 8.42 Å². The third-order valence-electron chi connectivity index (χ3n) is 9.13. The molecule has 0 bridgehead atoms. The largest absolute Gasteiger partial charge is 0.375 e. The van der Waals surface area contributed by atoms with E-state index in [0.29, 0.717) is 24.3 Å². The number of hydrogen-bond donors (Lipinski definition) is 1. The van der Waals surface area contributed by atoms with Crippen molar-refractivity contribution in [2.24, 2.45) is 0 Å². The number of sulfone groups is 1. The highest BCUT2D eigenvalue weighted by molar-refractivity contribution is 7.90. The zero-order chi connectivity index (χ0) is 29.0. The van der Waals surface area contributed by atoms with Crippen molar-refractivity contribution in [1.29, 1.82) is 0 Å². The van der Waals surface area contributed by atoms with E-state index in [2.05, 4.69) is 72.2 Å². The summed E-state index contributed by atoms with van der Waals surface area (Å²) in [5, 5.41) is 3.44. The van der Waals surface area contributed by atoms with Crippen molar-refractivity contribution in [3.05, 3.63) is 59.8 Å². The predicted octanol–water partition coefficient (Wildman–Crippen LogP) is 5.19. The average molecular weight is 577 g/mol. The number of pyridine rings is 1. The van der Waals surface area contributed by atoms with E-state index < -0.39 is 9.84 Å². The molecule has 9 nitrogen and oxygen atoms in total. The Morgan fingerprint density at radius 1 is 1.00 bits per heavy atom. The topological polar surface area (TPSA) is 101 Å². The lowest BCUT2D eigenvalue weighted by molar-refractivity contribution is -0.0302. The maximum absolute atomic E-state index is 12.4. The van der Waals surface area contributed by atoms with Crippen LogP contribution in [0.4, 0.5) is 23.3 Å². The second-order valence-corrected chi connectivity index (χ2v) is 14.7. The molecule has 3 aromatic rings. The molecule has 2 saturated heterocycles. The molecular formula is C31H40N6O3S. The molecule has 5 heterocycles. The molecule has 2 aromatic heterocycles. The van der Waals surface area contributed by atoms with Gasteiger partial charge >= 0.3 is 0 Å². The van der Waals surface area contributed by atoms with Gasteiger partial charge in [0.05, 0.1) is 12.2 Å². The van der Waals surface area contributed by atoms with Gasteiger partial charge in [0.2, 0.25) is 5.95 Å². The summed E-state index contributed by atoms with van der Waals surface area (Å²) in [5.41, 5.74) is 2.63. The van der Waals surface area contributed by atoms with Crippen LogP contribution < -0.4 is 10.2 Å². The third-order valence-corrected chi connectivity index (χ3v) is 10.1. The molecule has 0 radical (unpaired) electrons. The van der Waals surface area contributed by atoms with E-state index in [4.69, 9.17) is 14.7 Å². The fourth-order valence-electron chi connectivity index (χ4n) is 6.48. The van der Waals surface area contributed by atoms with Crippen LogP contribution in [-0.2, 0) is 20.0 Å². The Kier molecular flexibility index (Phi) is 7.07. The molecule has 41 heavy (non-hydrogen) atoms. The minimum Gasteiger partial charge on any atom is -0.375 e. The molecule has 3 aliphatic rings. The highest BCUT2D eigenvalue weighted by Crippen LogP contribution is 2.51. The van der Waals surface area contributed by atoms with Crippen LogP contribution in [-0.4, -0.2) is 72.9 Å². The first-order chi connectivity index (χ1) is 19.4. The van der Waals surface area contributed by atoms with Crippen molar-refractivity contribution in [1.82, 2.24) is 19.9 Å². The van der Waals surface area contributed by atoms with Crippen molar-refractivity contribution >= 4 is 33.1 Å². The highest BCUT2D eigenvalue weighted by Gasteiger charge is 2.52. The van der Waals surface area contributed by atoms with Crippen LogP contribution >= 0.6 is 0 Å². The summed E-state index contributed by atoms with van der Waals surface area (Å²) in [6, 6.07) is 13.7. The van der Waals surface area contributed by atoms with Crippen LogP contribution in [0.1, 0.15) is 63.5 Å². The van der Waals surface area contributed by atoms with Crippen LogP contribution in [0.2, 0.25) is 0 Å². The Morgan fingerprint density at radius 2 is 1.73 bits per heavy atom. The quantitative estimate of drug-likeness (QED) is 0.439. The van der Waals surface area contributed by atoms with Crippen LogP contribution in [0.25, 0.3) is 0 Å². The lowest BCUT2D eigenvalue weighted by Gasteiger charge is -2.33. The second kappa shape index (κ2) is 10.3. The van der Waals surface area contributed by atoms with Gasteiger partial charge in [-0.25, -0.2) is 18.4 Å². The number of ether oxygens (including phenoxy) is 1. The molecule has 218 valence electrons. The molecule has 6 rings (SSSR count). The second-order valence-electron chi connectivity index (χ2n) is 12.8. The first kappa shape index (κ1) is 28.1. The molecule has 0 aliphatic carbocycles. The van der Waals surface area contributed by atoms with Crippen molar-refractivity contribution in [2.45, 2.75) is 74.5 Å². The average Bonchev–Trinajstić information content (AvgIpc) is 3.11. The number of anilines is 4. The van der Waals surface area contributed by atoms with E-state index in [1.807, 2.05) is 12.3 Å². The van der Waals surface area contributed by atoms with Crippen molar-refractivity contribution in [3.63, 3.8) is 0 Å². The van der Waals surface area contributed by atoms with Gasteiger partial charge in [0.1, 0.15) is 11.6 Å². The molecule has 0 unspecified atom stereocenters. The van der Waals surface area contributed by atoms with Gasteiger partial charge < -0.3 is 19.9 Å². The van der Waals surface area contributed by atoms with E-state index >= 15 is 0 Å². The molecule has 1 N–H and O–H groups in total. The van der Waals surface area contributed by atoms with Crippen molar-refractivity contribution in [2.75, 3.05) is 43.2 Å². The van der Waals surface area contributed by atoms with Gasteiger partial charge in [-0.3, -0.25) is 0 Å². The first-order valence-corrected chi connectivity index (χ1v) is 16.4. The minimum absolute atomic E-state index is 0.0139. The Morgan fingerprint density at radius 3 is 2.44 bits per heavy atom. The Hall–Kier alpha value is -3.08. The third kappa shape index (κ3) is 5.45. The van der Waals surface area contributed by atoms with Crippen LogP contribution in [0.15, 0.2) is 53.7 Å². The lowest BCUT2D eigenvalue weighted by atomic mass is 9.78. The maximum Gasteiger partial charge on any atom is 0.229 e. The number of hydrogen-bond acceptors (Lipinski definition) is 9. The van der Waals surface area contributed by atoms with Crippen LogP contribution in [0.5, 0.6) is 0 Å². The summed E-state index contributed by atoms with van der Waals surface area (Å²) in [6.07, 6.45) is 7.14. The van der Waals surface area contributed by atoms with Crippen molar-refractivity contribution < 1.29 is 13.2 Å². The van der Waals surface area contributed by atoms with E-state index in [-0.39, 0.29) is 22.1 Å². The molecule has 2 fully saturated rings. The first-order valence-electron chi connectivity index (χ1n) is 14.5. The number of aromatic nitrogens is 3. The van der Waals surface area contributed by atoms with Gasteiger partial charge in [0, 0.05) is 35.2 Å². The molecule has 0 spiro atoms. The summed E-state index contributed by atoms with van der Waals surface area (Å²) in [4.78, 5) is 18.8.